The molecule has 1 aromatic rings. The molecule has 11 heavy (non-hydrogen) atoms. The van der Waals surface area contributed by atoms with E-state index in [1.807, 2.05) is 12.1 Å². The fourth-order valence-corrected chi connectivity index (χ4v) is 1.45. The summed E-state index contributed by atoms with van der Waals surface area (Å²) in [7, 11) is 0. The van der Waals surface area contributed by atoms with Crippen LogP contribution in [0.15, 0.2) is 18.2 Å². The van der Waals surface area contributed by atoms with Gasteiger partial charge in [0.25, 0.3) is 0 Å². The number of phenols is 1. The van der Waals surface area contributed by atoms with Gasteiger partial charge in [-0.25, -0.2) is 0 Å². The number of benzene rings is 1. The summed E-state index contributed by atoms with van der Waals surface area (Å²) in [5.74, 6) is 0.339. The molecule has 3 heteroatoms. The van der Waals surface area contributed by atoms with Crippen molar-refractivity contribution in [2.45, 2.75) is 6.42 Å². The Hall–Kier alpha value is -0.290. The molecule has 0 bridgehead atoms. The maximum atomic E-state index is 9.17. The van der Waals surface area contributed by atoms with Crippen molar-refractivity contribution in [2.75, 3.05) is 6.54 Å². The Labute approximate surface area is 79.6 Å². The molecule has 0 spiro atoms. The summed E-state index contributed by atoms with van der Waals surface area (Å²) < 4.78 is 0.883. The number of rotatable bonds is 2. The quantitative estimate of drug-likeness (QED) is 0.794. The molecular weight excluding hydrogens is 253 g/mol. The third-order valence-corrected chi connectivity index (χ3v) is 2.31. The lowest BCUT2D eigenvalue weighted by Crippen LogP contribution is -2.02. The van der Waals surface area contributed by atoms with Crippen LogP contribution in [0, 0.1) is 3.57 Å². The van der Waals surface area contributed by atoms with E-state index in [0.29, 0.717) is 12.3 Å². The highest BCUT2D eigenvalue weighted by atomic mass is 127. The molecule has 0 radical (unpaired) electrons. The normalized spacial score (nSPS) is 10.0. The van der Waals surface area contributed by atoms with Gasteiger partial charge in [-0.3, -0.25) is 0 Å². The van der Waals surface area contributed by atoms with Gasteiger partial charge in [-0.1, -0.05) is 6.07 Å². The lowest BCUT2D eigenvalue weighted by Gasteiger charge is -2.00. The van der Waals surface area contributed by atoms with Crippen molar-refractivity contribution in [3.8, 4) is 5.75 Å². The van der Waals surface area contributed by atoms with Crippen molar-refractivity contribution < 1.29 is 5.11 Å². The highest BCUT2D eigenvalue weighted by Gasteiger charge is 1.97. The predicted octanol–water partition coefficient (Wildman–Crippen LogP) is 1.50. The standard InChI is InChI=1S/C8H10INO/c9-7-5-6(3-4-10)1-2-8(7)11/h1-2,5,11H,3-4,10H2. The van der Waals surface area contributed by atoms with Crippen LogP contribution in [0.2, 0.25) is 0 Å². The van der Waals surface area contributed by atoms with Crippen LogP contribution >= 0.6 is 22.6 Å². The first kappa shape index (κ1) is 8.80. The van der Waals surface area contributed by atoms with E-state index in [-0.39, 0.29) is 0 Å². The van der Waals surface area contributed by atoms with E-state index in [1.54, 1.807) is 6.07 Å². The fraction of sp³-hybridized carbons (Fsp3) is 0.250. The van der Waals surface area contributed by atoms with E-state index in [9.17, 15) is 5.11 Å². The summed E-state index contributed by atoms with van der Waals surface area (Å²) in [5.41, 5.74) is 6.56. The molecule has 0 aromatic heterocycles. The Bertz CT molecular complexity index is 250. The van der Waals surface area contributed by atoms with Crippen LogP contribution in [0.4, 0.5) is 0 Å². The molecule has 0 fully saturated rings. The summed E-state index contributed by atoms with van der Waals surface area (Å²) in [4.78, 5) is 0. The number of hydrogen-bond acceptors (Lipinski definition) is 2. The van der Waals surface area contributed by atoms with Gasteiger partial charge in [-0.2, -0.15) is 0 Å². The van der Waals surface area contributed by atoms with Crippen LogP contribution < -0.4 is 5.73 Å². The maximum absolute atomic E-state index is 9.17. The summed E-state index contributed by atoms with van der Waals surface area (Å²) in [6.07, 6.45) is 0.871. The monoisotopic (exact) mass is 263 g/mol. The molecule has 2 nitrogen and oxygen atoms in total. The second kappa shape index (κ2) is 3.92. The molecule has 0 heterocycles. The van der Waals surface area contributed by atoms with Gasteiger partial charge in [0.1, 0.15) is 5.75 Å². The Morgan fingerprint density at radius 1 is 1.45 bits per heavy atom. The maximum Gasteiger partial charge on any atom is 0.128 e. The highest BCUT2D eigenvalue weighted by Crippen LogP contribution is 2.20. The van der Waals surface area contributed by atoms with Gasteiger partial charge in [-0.05, 0) is 53.3 Å². The van der Waals surface area contributed by atoms with Crippen molar-refractivity contribution in [1.82, 2.24) is 0 Å². The number of hydrogen-bond donors (Lipinski definition) is 2. The van der Waals surface area contributed by atoms with E-state index in [1.165, 1.54) is 5.56 Å². The van der Waals surface area contributed by atoms with Crippen molar-refractivity contribution >= 4 is 22.6 Å². The van der Waals surface area contributed by atoms with Gasteiger partial charge in [-0.15, -0.1) is 0 Å². The van der Waals surface area contributed by atoms with E-state index in [4.69, 9.17) is 5.73 Å². The topological polar surface area (TPSA) is 46.2 Å². The Balaban J connectivity index is 2.86. The molecule has 1 rings (SSSR count). The van der Waals surface area contributed by atoms with Gasteiger partial charge in [0, 0.05) is 0 Å². The Morgan fingerprint density at radius 3 is 2.73 bits per heavy atom. The van der Waals surface area contributed by atoms with Gasteiger partial charge >= 0.3 is 0 Å². The van der Waals surface area contributed by atoms with Gasteiger partial charge < -0.3 is 10.8 Å². The summed E-state index contributed by atoms with van der Waals surface area (Å²) in [6.45, 7) is 0.654. The third kappa shape index (κ3) is 2.34. The molecule has 0 aliphatic heterocycles. The minimum atomic E-state index is 0.339. The van der Waals surface area contributed by atoms with E-state index in [0.717, 1.165) is 9.99 Å². The molecule has 0 aliphatic carbocycles. The van der Waals surface area contributed by atoms with Crippen molar-refractivity contribution in [3.05, 3.63) is 27.3 Å². The van der Waals surface area contributed by atoms with Crippen molar-refractivity contribution in [1.29, 1.82) is 0 Å². The number of phenolic OH excluding ortho intramolecular Hbond substituents is 1. The first-order valence-corrected chi connectivity index (χ1v) is 4.49. The van der Waals surface area contributed by atoms with Gasteiger partial charge in [0.2, 0.25) is 0 Å². The second-order valence-electron chi connectivity index (χ2n) is 2.32. The zero-order valence-corrected chi connectivity index (χ0v) is 8.21. The van der Waals surface area contributed by atoms with Crippen LogP contribution in [0.1, 0.15) is 5.56 Å². The summed E-state index contributed by atoms with van der Waals surface area (Å²) in [5, 5.41) is 9.17. The van der Waals surface area contributed by atoms with E-state index < -0.39 is 0 Å². The number of halogens is 1. The minimum absolute atomic E-state index is 0.339. The first-order chi connectivity index (χ1) is 5.24. The molecule has 0 atom stereocenters. The number of aromatic hydroxyl groups is 1. The summed E-state index contributed by atoms with van der Waals surface area (Å²) >= 11 is 2.10. The van der Waals surface area contributed by atoms with Crippen LogP contribution in [0.25, 0.3) is 0 Å². The molecule has 0 aliphatic rings. The van der Waals surface area contributed by atoms with E-state index in [2.05, 4.69) is 22.6 Å². The zero-order valence-electron chi connectivity index (χ0n) is 6.05. The van der Waals surface area contributed by atoms with Crippen LogP contribution in [-0.2, 0) is 6.42 Å². The van der Waals surface area contributed by atoms with Crippen LogP contribution in [0.5, 0.6) is 5.75 Å². The average molecular weight is 263 g/mol. The SMILES string of the molecule is NCCc1ccc(O)c(I)c1. The molecule has 60 valence electrons. The fourth-order valence-electron chi connectivity index (χ4n) is 0.873. The van der Waals surface area contributed by atoms with Crippen LogP contribution in [0.3, 0.4) is 0 Å². The van der Waals surface area contributed by atoms with Crippen molar-refractivity contribution in [3.63, 3.8) is 0 Å². The zero-order chi connectivity index (χ0) is 8.27. The molecule has 0 amide bonds. The molecular formula is C8H10INO. The van der Waals surface area contributed by atoms with Crippen molar-refractivity contribution in [2.24, 2.45) is 5.73 Å². The number of nitrogens with two attached hydrogens (primary N) is 1. The van der Waals surface area contributed by atoms with E-state index >= 15 is 0 Å². The van der Waals surface area contributed by atoms with Gasteiger partial charge in [0.05, 0.1) is 3.57 Å². The largest absolute Gasteiger partial charge is 0.507 e. The smallest absolute Gasteiger partial charge is 0.128 e. The summed E-state index contributed by atoms with van der Waals surface area (Å²) in [6, 6.07) is 5.54. The lowest BCUT2D eigenvalue weighted by atomic mass is 10.1. The Kier molecular flexibility index (Phi) is 3.14. The first-order valence-electron chi connectivity index (χ1n) is 3.41. The molecule has 0 saturated carbocycles. The second-order valence-corrected chi connectivity index (χ2v) is 3.49. The lowest BCUT2D eigenvalue weighted by molar-refractivity contribution is 0.471. The molecule has 1 aromatic carbocycles. The Morgan fingerprint density at radius 2 is 2.18 bits per heavy atom. The molecule has 0 unspecified atom stereocenters. The van der Waals surface area contributed by atoms with Crippen LogP contribution in [-0.4, -0.2) is 11.7 Å². The third-order valence-electron chi connectivity index (χ3n) is 1.45. The predicted molar refractivity (Wildman–Crippen MR) is 53.6 cm³/mol. The average Bonchev–Trinajstić information content (AvgIpc) is 1.98. The minimum Gasteiger partial charge on any atom is -0.507 e. The van der Waals surface area contributed by atoms with Gasteiger partial charge in [0.15, 0.2) is 0 Å². The highest BCUT2D eigenvalue weighted by molar-refractivity contribution is 14.1. The molecule has 0 saturated heterocycles. The molecule has 3 N–H and O–H groups in total.